The minimum atomic E-state index is -0.244. The van der Waals surface area contributed by atoms with Crippen LogP contribution in [-0.4, -0.2) is 19.6 Å². The third-order valence-corrected chi connectivity index (χ3v) is 3.17. The van der Waals surface area contributed by atoms with E-state index in [4.69, 9.17) is 0 Å². The van der Waals surface area contributed by atoms with Gasteiger partial charge in [0.15, 0.2) is 5.65 Å². The molecule has 1 N–H and O–H groups in total. The molecule has 70 valence electrons. The Morgan fingerprint density at radius 2 is 2.43 bits per heavy atom. The Bertz CT molecular complexity index is 677. The molecule has 14 heavy (non-hydrogen) atoms. The molecule has 0 amide bonds. The quantitative estimate of drug-likeness (QED) is 0.595. The van der Waals surface area contributed by atoms with Crippen molar-refractivity contribution < 1.29 is 0 Å². The smallest absolute Gasteiger partial charge is 0.297 e. The highest BCUT2D eigenvalue weighted by Gasteiger charge is 2.09. The summed E-state index contributed by atoms with van der Waals surface area (Å²) in [5, 5.41) is 6.83. The molecular formula is C8H6N4OS. The van der Waals surface area contributed by atoms with Crippen molar-refractivity contribution in [1.82, 2.24) is 19.6 Å². The SMILES string of the molecule is Cc1csc2[nH]c(=O)n3ncnc3c12. The number of hydrogen-bond donors (Lipinski definition) is 1. The zero-order chi connectivity index (χ0) is 9.71. The van der Waals surface area contributed by atoms with E-state index in [1.54, 1.807) is 0 Å². The van der Waals surface area contributed by atoms with Gasteiger partial charge in [0, 0.05) is 0 Å². The maximum absolute atomic E-state index is 11.5. The van der Waals surface area contributed by atoms with Crippen LogP contribution < -0.4 is 5.69 Å². The van der Waals surface area contributed by atoms with Gasteiger partial charge in [-0.3, -0.25) is 4.98 Å². The fourth-order valence-electron chi connectivity index (χ4n) is 1.52. The summed E-state index contributed by atoms with van der Waals surface area (Å²) in [6, 6.07) is 0. The van der Waals surface area contributed by atoms with Crippen molar-refractivity contribution in [2.75, 3.05) is 0 Å². The van der Waals surface area contributed by atoms with Crippen molar-refractivity contribution >= 4 is 27.2 Å². The number of nitrogens with one attached hydrogen (secondary N) is 1. The van der Waals surface area contributed by atoms with Crippen LogP contribution in [0.1, 0.15) is 5.56 Å². The number of aromatic amines is 1. The van der Waals surface area contributed by atoms with Gasteiger partial charge in [0.05, 0.1) is 5.39 Å². The molecule has 5 nitrogen and oxygen atoms in total. The van der Waals surface area contributed by atoms with E-state index < -0.39 is 0 Å². The molecule has 0 saturated heterocycles. The van der Waals surface area contributed by atoms with Gasteiger partial charge in [-0.2, -0.15) is 9.61 Å². The molecule has 3 aromatic heterocycles. The number of thiophene rings is 1. The molecule has 0 aromatic carbocycles. The zero-order valence-corrected chi connectivity index (χ0v) is 8.13. The van der Waals surface area contributed by atoms with Gasteiger partial charge in [0.1, 0.15) is 11.2 Å². The summed E-state index contributed by atoms with van der Waals surface area (Å²) in [5.41, 5.74) is 1.49. The van der Waals surface area contributed by atoms with Crippen LogP contribution in [0.25, 0.3) is 15.9 Å². The van der Waals surface area contributed by atoms with Crippen LogP contribution in [0, 0.1) is 6.92 Å². The first kappa shape index (κ1) is 7.69. The van der Waals surface area contributed by atoms with E-state index in [0.717, 1.165) is 15.8 Å². The molecule has 3 aromatic rings. The Morgan fingerprint density at radius 1 is 1.57 bits per heavy atom. The van der Waals surface area contributed by atoms with E-state index in [-0.39, 0.29) is 5.69 Å². The second-order valence-corrected chi connectivity index (χ2v) is 3.93. The number of aromatic nitrogens is 4. The molecule has 0 saturated carbocycles. The highest BCUT2D eigenvalue weighted by atomic mass is 32.1. The van der Waals surface area contributed by atoms with Crippen LogP contribution in [0.5, 0.6) is 0 Å². The highest BCUT2D eigenvalue weighted by molar-refractivity contribution is 7.17. The predicted molar refractivity (Wildman–Crippen MR) is 53.7 cm³/mol. The Kier molecular flexibility index (Phi) is 1.33. The first-order valence-corrected chi connectivity index (χ1v) is 4.95. The van der Waals surface area contributed by atoms with E-state index in [1.165, 1.54) is 22.2 Å². The maximum Gasteiger partial charge on any atom is 0.349 e. The lowest BCUT2D eigenvalue weighted by Gasteiger charge is -1.93. The average Bonchev–Trinajstić information content (AvgIpc) is 2.72. The van der Waals surface area contributed by atoms with Crippen LogP contribution in [-0.2, 0) is 0 Å². The highest BCUT2D eigenvalue weighted by Crippen LogP contribution is 2.24. The summed E-state index contributed by atoms with van der Waals surface area (Å²) in [7, 11) is 0. The Hall–Kier alpha value is -1.69. The normalized spacial score (nSPS) is 11.5. The van der Waals surface area contributed by atoms with Crippen molar-refractivity contribution in [2.24, 2.45) is 0 Å². The molecule has 0 bridgehead atoms. The Balaban J connectivity index is 2.77. The molecule has 6 heteroatoms. The van der Waals surface area contributed by atoms with E-state index in [1.807, 2.05) is 12.3 Å². The molecule has 0 fully saturated rings. The van der Waals surface area contributed by atoms with Gasteiger partial charge >= 0.3 is 5.69 Å². The molecule has 0 aliphatic heterocycles. The molecule has 0 spiro atoms. The van der Waals surface area contributed by atoms with E-state index in [2.05, 4.69) is 15.1 Å². The second-order valence-electron chi connectivity index (χ2n) is 3.05. The van der Waals surface area contributed by atoms with Gasteiger partial charge in [-0.25, -0.2) is 9.78 Å². The van der Waals surface area contributed by atoms with E-state index in [9.17, 15) is 4.79 Å². The number of nitrogens with zero attached hydrogens (tertiary/aromatic N) is 3. The molecule has 3 heterocycles. The third-order valence-electron chi connectivity index (χ3n) is 2.16. The lowest BCUT2D eigenvalue weighted by molar-refractivity contribution is 0.883. The topological polar surface area (TPSA) is 63.0 Å². The minimum absolute atomic E-state index is 0.244. The van der Waals surface area contributed by atoms with Gasteiger partial charge in [0.2, 0.25) is 0 Å². The first-order valence-electron chi connectivity index (χ1n) is 4.07. The standard InChI is InChI=1S/C8H6N4OS/c1-4-2-14-7-5(4)6-9-3-10-12(6)8(13)11-7/h2-3H,1H3,(H,11,13). The number of rotatable bonds is 0. The number of aryl methyl sites for hydroxylation is 1. The fraction of sp³-hybridized carbons (Fsp3) is 0.125. The number of hydrogen-bond acceptors (Lipinski definition) is 4. The van der Waals surface area contributed by atoms with Gasteiger partial charge in [-0.15, -0.1) is 11.3 Å². The summed E-state index contributed by atoms with van der Waals surface area (Å²) < 4.78 is 1.28. The molecule has 3 rings (SSSR count). The molecule has 0 aliphatic carbocycles. The van der Waals surface area contributed by atoms with Crippen molar-refractivity contribution in [1.29, 1.82) is 0 Å². The first-order chi connectivity index (χ1) is 6.77. The summed E-state index contributed by atoms with van der Waals surface area (Å²) in [5.74, 6) is 0. The lowest BCUT2D eigenvalue weighted by atomic mass is 10.3. The third kappa shape index (κ3) is 0.805. The minimum Gasteiger partial charge on any atom is -0.297 e. The summed E-state index contributed by atoms with van der Waals surface area (Å²) in [6.07, 6.45) is 1.39. The Labute approximate surface area is 82.0 Å². The molecular weight excluding hydrogens is 200 g/mol. The van der Waals surface area contributed by atoms with Gasteiger partial charge in [0.25, 0.3) is 0 Å². The molecule has 0 aliphatic rings. The van der Waals surface area contributed by atoms with Crippen molar-refractivity contribution in [2.45, 2.75) is 6.92 Å². The number of fused-ring (bicyclic) bond motifs is 3. The number of H-pyrrole nitrogens is 1. The van der Waals surface area contributed by atoms with Gasteiger partial charge < -0.3 is 0 Å². The van der Waals surface area contributed by atoms with Crippen LogP contribution in [0.3, 0.4) is 0 Å². The largest absolute Gasteiger partial charge is 0.349 e. The van der Waals surface area contributed by atoms with E-state index in [0.29, 0.717) is 5.65 Å². The van der Waals surface area contributed by atoms with E-state index >= 15 is 0 Å². The van der Waals surface area contributed by atoms with Crippen LogP contribution >= 0.6 is 11.3 Å². The van der Waals surface area contributed by atoms with Crippen molar-refractivity contribution in [3.8, 4) is 0 Å². The summed E-state index contributed by atoms with van der Waals surface area (Å²) >= 11 is 1.51. The molecule has 0 atom stereocenters. The zero-order valence-electron chi connectivity index (χ0n) is 7.31. The van der Waals surface area contributed by atoms with Crippen molar-refractivity contribution in [3.63, 3.8) is 0 Å². The Morgan fingerprint density at radius 3 is 3.29 bits per heavy atom. The predicted octanol–water partition coefficient (Wildman–Crippen LogP) is 0.941. The fourth-order valence-corrected chi connectivity index (χ4v) is 2.45. The van der Waals surface area contributed by atoms with Crippen LogP contribution in [0.15, 0.2) is 16.5 Å². The summed E-state index contributed by atoms with van der Waals surface area (Å²) in [6.45, 7) is 1.99. The summed E-state index contributed by atoms with van der Waals surface area (Å²) in [4.78, 5) is 19.2. The van der Waals surface area contributed by atoms with Crippen LogP contribution in [0.4, 0.5) is 0 Å². The van der Waals surface area contributed by atoms with Crippen LogP contribution in [0.2, 0.25) is 0 Å². The average molecular weight is 206 g/mol. The van der Waals surface area contributed by atoms with Gasteiger partial charge in [-0.05, 0) is 17.9 Å². The second kappa shape index (κ2) is 2.42. The van der Waals surface area contributed by atoms with Gasteiger partial charge in [-0.1, -0.05) is 0 Å². The maximum atomic E-state index is 11.5. The lowest BCUT2D eigenvalue weighted by Crippen LogP contribution is -2.16. The monoisotopic (exact) mass is 206 g/mol. The van der Waals surface area contributed by atoms with Crippen molar-refractivity contribution in [3.05, 3.63) is 27.8 Å². The molecule has 0 unspecified atom stereocenters. The molecule has 0 radical (unpaired) electrons.